The summed E-state index contributed by atoms with van der Waals surface area (Å²) >= 11 is 0. The Morgan fingerprint density at radius 2 is 1.71 bits per heavy atom. The summed E-state index contributed by atoms with van der Waals surface area (Å²) in [5.41, 5.74) is 19.4. The Labute approximate surface area is 390 Å². The highest BCUT2D eigenvalue weighted by Gasteiger charge is 2.43. The van der Waals surface area contributed by atoms with E-state index in [0.29, 0.717) is 65.5 Å². The van der Waals surface area contributed by atoms with Gasteiger partial charge in [-0.2, -0.15) is 0 Å². The Morgan fingerprint density at radius 1 is 0.908 bits per heavy atom. The van der Waals surface area contributed by atoms with E-state index in [1.807, 2.05) is 24.3 Å². The quantitative estimate of drug-likeness (QED) is 0.0405. The van der Waals surface area contributed by atoms with Crippen LogP contribution >= 0.6 is 21.6 Å². The number of nitrogens with one attached hydrogen (secondary N) is 1. The molecular weight excluding hydrogens is 855 g/mol. The second kappa shape index (κ2) is 21.4. The lowest BCUT2D eigenvalue weighted by molar-refractivity contribution is -0.114. The number of aromatic amines is 1. The number of allylic oxidation sites excluding steroid dienone is 2. The predicted octanol–water partition coefficient (Wildman–Crippen LogP) is 9.10. The molecule has 344 valence electrons. The molecule has 0 amide bonds. The molecule has 2 heterocycles. The Kier molecular flexibility index (Phi) is 15.5. The SMILES string of the molecule is NC(N)c1cc2c3cc1CSSCC1CC(CCCCC(O)C4CCCC4)(C=CC(=O)CCc4ccc(O)c(c4)OCCc4ccc(O)c(c4)C3CC(=O)c3cc[nH]c3CC#C2)CC1O. The van der Waals surface area contributed by atoms with E-state index in [0.717, 1.165) is 78.5 Å². The van der Waals surface area contributed by atoms with Crippen molar-refractivity contribution in [2.75, 3.05) is 12.4 Å². The zero-order valence-electron chi connectivity index (χ0n) is 37.1. The average molecular weight is 918 g/mol. The molecule has 4 aromatic rings. The predicted molar refractivity (Wildman–Crippen MR) is 259 cm³/mol. The lowest BCUT2D eigenvalue weighted by atomic mass is 9.79. The number of phenolic OH excluding ortho intramolecular Hbond substituents is 2. The largest absolute Gasteiger partial charge is 0.508 e. The number of carbonyl (C=O) groups excluding carboxylic acids is 2. The number of nitrogens with two attached hydrogens (primary N) is 2. The number of hydrogen-bond donors (Lipinski definition) is 7. The number of unbranched alkanes of at least 4 members (excludes halogenated alkanes) is 1. The van der Waals surface area contributed by atoms with Crippen LogP contribution < -0.4 is 16.2 Å². The normalized spacial score (nSPS) is 23.7. The summed E-state index contributed by atoms with van der Waals surface area (Å²) in [6.45, 7) is 0.229. The van der Waals surface area contributed by atoms with Gasteiger partial charge in [0.2, 0.25) is 0 Å². The molecule has 8 rings (SSSR count). The minimum absolute atomic E-state index is 0.00123. The highest BCUT2D eigenvalue weighted by Crippen LogP contribution is 2.49. The molecule has 10 nitrogen and oxygen atoms in total. The second-order valence-corrected chi connectivity index (χ2v) is 21.3. The molecule has 5 atom stereocenters. The van der Waals surface area contributed by atoms with Crippen LogP contribution in [0.25, 0.3) is 0 Å². The van der Waals surface area contributed by atoms with Crippen LogP contribution in [0.2, 0.25) is 0 Å². The van der Waals surface area contributed by atoms with Crippen molar-refractivity contribution in [2.45, 2.75) is 126 Å². The first-order valence-electron chi connectivity index (χ1n) is 23.4. The molecule has 3 aliphatic carbocycles. The summed E-state index contributed by atoms with van der Waals surface area (Å²) in [6, 6.07) is 16.4. The van der Waals surface area contributed by atoms with E-state index < -0.39 is 18.2 Å². The topological polar surface area (TPSA) is 192 Å². The van der Waals surface area contributed by atoms with E-state index in [1.165, 1.54) is 12.8 Å². The first kappa shape index (κ1) is 47.0. The van der Waals surface area contributed by atoms with Crippen molar-refractivity contribution in [1.29, 1.82) is 0 Å². The lowest BCUT2D eigenvalue weighted by Gasteiger charge is -2.26. The van der Waals surface area contributed by atoms with Gasteiger partial charge in [0, 0.05) is 65.3 Å². The van der Waals surface area contributed by atoms with Gasteiger partial charge in [-0.3, -0.25) is 9.59 Å². The first-order valence-corrected chi connectivity index (χ1v) is 25.9. The summed E-state index contributed by atoms with van der Waals surface area (Å²) in [7, 11) is 3.37. The third kappa shape index (κ3) is 11.6. The number of aromatic nitrogens is 1. The third-order valence-electron chi connectivity index (χ3n) is 14.3. The zero-order chi connectivity index (χ0) is 45.5. The monoisotopic (exact) mass is 917 g/mol. The molecule has 2 fully saturated rings. The molecular formula is C53H63N3O7S2. The van der Waals surface area contributed by atoms with E-state index in [1.54, 1.807) is 58.1 Å². The van der Waals surface area contributed by atoms with Crippen LogP contribution in [0.3, 0.4) is 0 Å². The Hall–Kier alpha value is -4.48. The number of aromatic hydroxyl groups is 2. The van der Waals surface area contributed by atoms with Gasteiger partial charge in [0.15, 0.2) is 23.1 Å². The number of aliphatic hydroxyl groups is 2. The van der Waals surface area contributed by atoms with Crippen LogP contribution in [0.1, 0.15) is 144 Å². The second-order valence-electron chi connectivity index (χ2n) is 18.8. The lowest BCUT2D eigenvalue weighted by Crippen LogP contribution is -2.22. The van der Waals surface area contributed by atoms with Gasteiger partial charge < -0.3 is 41.6 Å². The van der Waals surface area contributed by atoms with Crippen molar-refractivity contribution in [3.63, 3.8) is 0 Å². The molecule has 4 aliphatic rings. The summed E-state index contributed by atoms with van der Waals surface area (Å²) in [4.78, 5) is 30.8. The van der Waals surface area contributed by atoms with Crippen LogP contribution in [0.4, 0.5) is 0 Å². The number of fused-ring (bicyclic) bond motifs is 9. The summed E-state index contributed by atoms with van der Waals surface area (Å²) in [5.74, 6) is 8.09. The summed E-state index contributed by atoms with van der Waals surface area (Å²) in [5, 5.41) is 44.8. The van der Waals surface area contributed by atoms with Gasteiger partial charge in [0.05, 0.1) is 31.4 Å². The maximum absolute atomic E-state index is 14.2. The fourth-order valence-electron chi connectivity index (χ4n) is 10.6. The van der Waals surface area contributed by atoms with Crippen molar-refractivity contribution in [1.82, 2.24) is 4.98 Å². The molecule has 12 heteroatoms. The average Bonchev–Trinajstić information content (AvgIpc) is 4.07. The van der Waals surface area contributed by atoms with Crippen molar-refractivity contribution >= 4 is 33.2 Å². The first-order chi connectivity index (χ1) is 31.4. The van der Waals surface area contributed by atoms with Gasteiger partial charge >= 0.3 is 0 Å². The third-order valence-corrected chi connectivity index (χ3v) is 16.7. The van der Waals surface area contributed by atoms with Gasteiger partial charge in [0.1, 0.15) is 5.75 Å². The molecule has 1 aromatic heterocycles. The highest BCUT2D eigenvalue weighted by molar-refractivity contribution is 8.76. The Bertz CT molecular complexity index is 2430. The maximum atomic E-state index is 14.2. The van der Waals surface area contributed by atoms with E-state index in [2.05, 4.69) is 29.0 Å². The van der Waals surface area contributed by atoms with Crippen molar-refractivity contribution < 1.29 is 34.8 Å². The van der Waals surface area contributed by atoms with Crippen LogP contribution in [0.15, 0.2) is 72.9 Å². The van der Waals surface area contributed by atoms with Crippen LogP contribution in [-0.2, 0) is 29.8 Å². The minimum atomic E-state index is -0.785. The molecule has 8 bridgehead atoms. The summed E-state index contributed by atoms with van der Waals surface area (Å²) < 4.78 is 6.14. The number of rotatable bonds is 7. The van der Waals surface area contributed by atoms with E-state index in [4.69, 9.17) is 16.2 Å². The highest BCUT2D eigenvalue weighted by atomic mass is 33.1. The Balaban J connectivity index is 1.11. The number of ketones is 2. The van der Waals surface area contributed by atoms with Crippen LogP contribution in [0.5, 0.6) is 17.2 Å². The number of Topliss-reactive ketones (excluding diaryl/α,β-unsaturated/α-hetero) is 1. The molecule has 3 aromatic carbocycles. The molecule has 2 saturated carbocycles. The van der Waals surface area contributed by atoms with E-state index in [-0.39, 0.29) is 60.0 Å². The standard InChI is InChI=1S/C53H63N3O7S2/c54-52(55)42-26-36-8-5-9-45-40(18-22-56-45)49(61)28-43-41(36)27-37(42)31-64-65-32-38-29-53(30-50(38)62,20-4-3-10-46(58)35-6-1-2-7-35)21-17-39(57)14-11-33-13-16-48(60)51(25-33)63-23-19-34-12-15-47(59)44(43)24-34/h12-13,15-18,21-22,24-27,35,38,43,46,50,52,56,58-60,62H,1-4,6-7,9-11,14,19-20,23,28-32,54-55H2. The molecule has 65 heavy (non-hydrogen) atoms. The van der Waals surface area contributed by atoms with Crippen molar-refractivity contribution in [3.05, 3.63) is 123 Å². The molecule has 0 spiro atoms. The summed E-state index contributed by atoms with van der Waals surface area (Å²) in [6.07, 6.45) is 15.0. The Morgan fingerprint density at radius 3 is 2.52 bits per heavy atom. The number of aliphatic hydroxyl groups excluding tert-OH is 2. The zero-order valence-corrected chi connectivity index (χ0v) is 38.7. The number of hydrogen-bond acceptors (Lipinski definition) is 11. The number of aryl methyl sites for hydroxylation is 1. The molecule has 1 aliphatic heterocycles. The number of ether oxygens (including phenoxy) is 1. The molecule has 0 saturated heterocycles. The number of carbonyl (C=O) groups is 2. The van der Waals surface area contributed by atoms with E-state index in [9.17, 15) is 30.0 Å². The van der Waals surface area contributed by atoms with Gasteiger partial charge in [-0.25, -0.2) is 0 Å². The smallest absolute Gasteiger partial charge is 0.165 e. The van der Waals surface area contributed by atoms with Gasteiger partial charge in [-0.1, -0.05) is 89.5 Å². The number of phenols is 2. The molecule has 5 unspecified atom stereocenters. The molecule has 0 radical (unpaired) electrons. The van der Waals surface area contributed by atoms with E-state index >= 15 is 0 Å². The van der Waals surface area contributed by atoms with Crippen molar-refractivity contribution in [2.24, 2.45) is 28.7 Å². The van der Waals surface area contributed by atoms with Gasteiger partial charge in [-0.15, -0.1) is 0 Å². The number of benzene rings is 3. The number of H-pyrrole nitrogens is 1. The minimum Gasteiger partial charge on any atom is -0.508 e. The molecule has 9 N–H and O–H groups in total. The van der Waals surface area contributed by atoms with Crippen LogP contribution in [0, 0.1) is 29.1 Å². The van der Waals surface area contributed by atoms with Crippen molar-refractivity contribution in [3.8, 4) is 29.1 Å². The van der Waals surface area contributed by atoms with Gasteiger partial charge in [0.25, 0.3) is 0 Å². The van der Waals surface area contributed by atoms with Gasteiger partial charge in [-0.05, 0) is 126 Å². The fraction of sp³-hybridized carbons (Fsp3) is 0.472. The maximum Gasteiger partial charge on any atom is 0.165 e. The fourth-order valence-corrected chi connectivity index (χ4v) is 13.1. The van der Waals surface area contributed by atoms with Crippen LogP contribution in [-0.4, -0.2) is 61.5 Å².